The Morgan fingerprint density at radius 2 is 0.686 bits per heavy atom. The summed E-state index contributed by atoms with van der Waals surface area (Å²) in [6.07, 6.45) is 0.759. The van der Waals surface area contributed by atoms with Crippen molar-refractivity contribution in [1.29, 1.82) is 0 Å². The van der Waals surface area contributed by atoms with Crippen LogP contribution in [0.2, 0.25) is 0 Å². The molecule has 0 aliphatic rings. The van der Waals surface area contributed by atoms with Gasteiger partial charge in [0.2, 0.25) is 0 Å². The van der Waals surface area contributed by atoms with E-state index in [0.29, 0.717) is 0 Å². The third-order valence-corrected chi connectivity index (χ3v) is 6.45. The lowest BCUT2D eigenvalue weighted by Crippen LogP contribution is -2.16. The van der Waals surface area contributed by atoms with Gasteiger partial charge >= 0.3 is 0 Å². The smallest absolute Gasteiger partial charge is 0.0634 e. The maximum atomic E-state index is 5.04. The zero-order valence-corrected chi connectivity index (χ0v) is 25.1. The van der Waals surface area contributed by atoms with E-state index in [4.69, 9.17) is 9.98 Å². The van der Waals surface area contributed by atoms with Gasteiger partial charge in [-0.05, 0) is 82.0 Å². The molecule has 2 aromatic rings. The van der Waals surface area contributed by atoms with Gasteiger partial charge in [0.15, 0.2) is 0 Å². The maximum Gasteiger partial charge on any atom is 0.0634 e. The Bertz CT molecular complexity index is 948. The molecule has 0 spiro atoms. The van der Waals surface area contributed by atoms with Crippen molar-refractivity contribution in [2.24, 2.45) is 9.98 Å². The molecule has 35 heavy (non-hydrogen) atoms. The van der Waals surface area contributed by atoms with Crippen LogP contribution in [0.1, 0.15) is 126 Å². The molecule has 0 radical (unpaired) electrons. The van der Waals surface area contributed by atoms with Crippen molar-refractivity contribution in [2.75, 3.05) is 0 Å². The minimum Gasteiger partial charge on any atom is -0.258 e. The molecule has 0 aromatic heterocycles. The highest BCUT2D eigenvalue weighted by molar-refractivity contribution is 6.04. The van der Waals surface area contributed by atoms with E-state index < -0.39 is 0 Å². The van der Waals surface area contributed by atoms with E-state index in [2.05, 4.69) is 133 Å². The summed E-state index contributed by atoms with van der Waals surface area (Å²) in [6.45, 7) is 31.4. The van der Waals surface area contributed by atoms with Crippen molar-refractivity contribution in [2.45, 2.75) is 125 Å². The summed E-state index contributed by atoms with van der Waals surface area (Å²) in [7, 11) is 0. The molecule has 2 heteroatoms. The predicted molar refractivity (Wildman–Crippen MR) is 158 cm³/mol. The molecule has 192 valence electrons. The summed E-state index contributed by atoms with van der Waals surface area (Å²) in [5.41, 5.74) is 9.89. The Balaban J connectivity index is 2.43. The van der Waals surface area contributed by atoms with Crippen molar-refractivity contribution in [3.8, 4) is 0 Å². The summed E-state index contributed by atoms with van der Waals surface area (Å²) in [4.78, 5) is 10.1. The van der Waals surface area contributed by atoms with Crippen LogP contribution >= 0.6 is 0 Å². The Morgan fingerprint density at radius 3 is 0.886 bits per heavy atom. The normalized spacial score (nSPS) is 14.5. The fourth-order valence-electron chi connectivity index (χ4n) is 3.97. The molecule has 0 saturated heterocycles. The van der Waals surface area contributed by atoms with Crippen molar-refractivity contribution in [3.05, 3.63) is 58.7 Å². The molecule has 2 aromatic carbocycles. The lowest BCUT2D eigenvalue weighted by molar-refractivity contribution is 0.568. The number of benzene rings is 2. The molecular weight excluding hydrogens is 424 g/mol. The minimum absolute atomic E-state index is 0.0830. The van der Waals surface area contributed by atoms with Gasteiger partial charge in [0.05, 0.1) is 11.4 Å². The van der Waals surface area contributed by atoms with Crippen LogP contribution in [0.25, 0.3) is 0 Å². The van der Waals surface area contributed by atoms with E-state index in [1.807, 2.05) is 0 Å². The van der Waals surface area contributed by atoms with Crippen LogP contribution in [0.15, 0.2) is 46.4 Å². The lowest BCUT2D eigenvalue weighted by Gasteiger charge is -2.25. The van der Waals surface area contributed by atoms with Crippen molar-refractivity contribution in [1.82, 2.24) is 0 Å². The van der Waals surface area contributed by atoms with E-state index in [-0.39, 0.29) is 21.7 Å². The summed E-state index contributed by atoms with van der Waals surface area (Å²) in [5, 5.41) is 0. The van der Waals surface area contributed by atoms with Gasteiger partial charge in [0.1, 0.15) is 0 Å². The first-order chi connectivity index (χ1) is 15.7. The number of aliphatic imine (C=N–C) groups is 2. The number of nitrogens with zero attached hydrogens (tertiary/aromatic N) is 2. The molecule has 2 nitrogen and oxygen atoms in total. The van der Waals surface area contributed by atoms with E-state index in [0.717, 1.165) is 29.2 Å². The lowest BCUT2D eigenvalue weighted by atomic mass is 9.80. The van der Waals surface area contributed by atoms with E-state index in [1.165, 1.54) is 22.3 Å². The average molecular weight is 475 g/mol. The van der Waals surface area contributed by atoms with Gasteiger partial charge in [-0.3, -0.25) is 9.98 Å². The second-order valence-corrected chi connectivity index (χ2v) is 14.4. The van der Waals surface area contributed by atoms with Crippen LogP contribution in [0.3, 0.4) is 0 Å². The second-order valence-electron chi connectivity index (χ2n) is 14.4. The Hall–Kier alpha value is -2.22. The van der Waals surface area contributed by atoms with Gasteiger partial charge in [0, 0.05) is 17.8 Å². The molecule has 0 bridgehead atoms. The highest BCUT2D eigenvalue weighted by Crippen LogP contribution is 2.34. The van der Waals surface area contributed by atoms with Gasteiger partial charge in [-0.2, -0.15) is 0 Å². The molecule has 0 saturated carbocycles. The maximum absolute atomic E-state index is 5.04. The molecule has 0 aliphatic heterocycles. The zero-order chi connectivity index (χ0) is 27.0. The fourth-order valence-corrected chi connectivity index (χ4v) is 3.97. The third-order valence-electron chi connectivity index (χ3n) is 6.45. The summed E-state index contributed by atoms with van der Waals surface area (Å²) < 4.78 is 0. The predicted octanol–water partition coefficient (Wildman–Crippen LogP) is 10.2. The molecule has 0 amide bonds. The second kappa shape index (κ2) is 10.0. The topological polar surface area (TPSA) is 24.7 Å². The van der Waals surface area contributed by atoms with Crippen molar-refractivity contribution < 1.29 is 0 Å². The third kappa shape index (κ3) is 8.44. The first kappa shape index (κ1) is 29.0. The van der Waals surface area contributed by atoms with Gasteiger partial charge in [-0.25, -0.2) is 0 Å². The molecule has 2 rings (SSSR count). The molecule has 0 N–H and O–H groups in total. The highest BCUT2D eigenvalue weighted by atomic mass is 14.8. The Labute approximate surface area is 216 Å². The first-order valence-corrected chi connectivity index (χ1v) is 13.1. The largest absolute Gasteiger partial charge is 0.258 e. The van der Waals surface area contributed by atoms with Crippen molar-refractivity contribution >= 4 is 22.8 Å². The molecule has 0 aliphatic carbocycles. The number of rotatable bonds is 4. The molecule has 0 heterocycles. The summed E-state index contributed by atoms with van der Waals surface area (Å²) >= 11 is 0. The van der Waals surface area contributed by atoms with Crippen LogP contribution < -0.4 is 0 Å². The Kier molecular flexibility index (Phi) is 8.32. The van der Waals surface area contributed by atoms with E-state index >= 15 is 0 Å². The zero-order valence-electron chi connectivity index (χ0n) is 25.1. The van der Waals surface area contributed by atoms with Gasteiger partial charge < -0.3 is 0 Å². The van der Waals surface area contributed by atoms with Crippen LogP contribution in [-0.4, -0.2) is 11.4 Å². The van der Waals surface area contributed by atoms with Crippen molar-refractivity contribution in [3.63, 3.8) is 0 Å². The molecule has 0 unspecified atom stereocenters. The Morgan fingerprint density at radius 1 is 0.457 bits per heavy atom. The highest BCUT2D eigenvalue weighted by Gasteiger charge is 2.22. The van der Waals surface area contributed by atoms with Gasteiger partial charge in [0.25, 0.3) is 0 Å². The quantitative estimate of drug-likeness (QED) is 0.394. The first-order valence-electron chi connectivity index (χ1n) is 13.1. The number of hydrogen-bond donors (Lipinski definition) is 0. The van der Waals surface area contributed by atoms with Gasteiger partial charge in [-0.1, -0.05) is 95.2 Å². The number of hydrogen-bond acceptors (Lipinski definition) is 2. The average Bonchev–Trinajstić information content (AvgIpc) is 2.64. The van der Waals surface area contributed by atoms with E-state index in [9.17, 15) is 0 Å². The summed E-state index contributed by atoms with van der Waals surface area (Å²) in [5.74, 6) is 0. The molecule has 0 fully saturated rings. The van der Waals surface area contributed by atoms with Crippen LogP contribution in [0.4, 0.5) is 11.4 Å². The SMILES string of the molecule is CC(CC(C)=Nc1cc(C(C)(C)C)cc(C(C)(C)C)c1)=Nc1cc(C(C)(C)C)cc(C(C)(C)C)c1. The molecular formula is C33H50N2. The van der Waals surface area contributed by atoms with Gasteiger partial charge in [-0.15, -0.1) is 0 Å². The van der Waals surface area contributed by atoms with Crippen LogP contribution in [0, 0.1) is 0 Å². The fraction of sp³-hybridized carbons (Fsp3) is 0.576. The standard InChI is InChI=1S/C33H50N2/c1-22(34-28-18-24(30(3,4)5)16-25(19-28)31(6,7)8)15-23(2)35-29-20-26(32(9,10)11)17-27(21-29)33(12,13)14/h16-21H,15H2,1-14H3. The molecule has 0 atom stereocenters. The monoisotopic (exact) mass is 474 g/mol. The van der Waals surface area contributed by atoms with Crippen LogP contribution in [0.5, 0.6) is 0 Å². The van der Waals surface area contributed by atoms with Crippen LogP contribution in [-0.2, 0) is 21.7 Å². The summed E-state index contributed by atoms with van der Waals surface area (Å²) in [6, 6.07) is 13.7. The minimum atomic E-state index is 0.0830. The van der Waals surface area contributed by atoms with E-state index in [1.54, 1.807) is 0 Å².